The average molecular weight is 298 g/mol. The lowest BCUT2D eigenvalue weighted by atomic mass is 10.4. The van der Waals surface area contributed by atoms with Gasteiger partial charge in [0.1, 0.15) is 5.82 Å². The number of sulfonamides is 1. The van der Waals surface area contributed by atoms with Gasteiger partial charge in [-0.2, -0.15) is 18.3 Å². The molecule has 2 N–H and O–H groups in total. The largest absolute Gasteiger partial charge is 0.390 e. The van der Waals surface area contributed by atoms with Crippen molar-refractivity contribution in [2.45, 2.75) is 37.9 Å². The number of nitrogens with one attached hydrogen (secondary N) is 2. The Morgan fingerprint density at radius 3 is 2.63 bits per heavy atom. The van der Waals surface area contributed by atoms with Gasteiger partial charge in [-0.05, 0) is 12.8 Å². The molecule has 0 aliphatic heterocycles. The van der Waals surface area contributed by atoms with Crippen LogP contribution < -0.4 is 4.72 Å². The highest BCUT2D eigenvalue weighted by atomic mass is 32.2. The molecule has 0 saturated heterocycles. The maximum absolute atomic E-state index is 11.9. The molecule has 0 amide bonds. The number of H-pyrrole nitrogens is 1. The second-order valence-corrected chi connectivity index (χ2v) is 6.35. The Morgan fingerprint density at radius 2 is 2.05 bits per heavy atom. The zero-order valence-electron chi connectivity index (χ0n) is 9.87. The van der Waals surface area contributed by atoms with Crippen molar-refractivity contribution in [2.24, 2.45) is 0 Å². The minimum Gasteiger partial charge on any atom is -0.262 e. The second kappa shape index (κ2) is 5.08. The molecule has 0 unspecified atom stereocenters. The molecule has 1 saturated carbocycles. The molecule has 1 aliphatic rings. The summed E-state index contributed by atoms with van der Waals surface area (Å²) in [6.45, 7) is -0.181. The van der Waals surface area contributed by atoms with Crippen molar-refractivity contribution >= 4 is 10.0 Å². The minimum absolute atomic E-state index is 0.181. The summed E-state index contributed by atoms with van der Waals surface area (Å²) < 4.78 is 60.5. The van der Waals surface area contributed by atoms with Gasteiger partial charge in [0.05, 0.1) is 18.7 Å². The quantitative estimate of drug-likeness (QED) is 0.822. The van der Waals surface area contributed by atoms with E-state index in [0.717, 1.165) is 12.8 Å². The summed E-state index contributed by atoms with van der Waals surface area (Å²) in [5, 5.41) is 6.47. The van der Waals surface area contributed by atoms with Gasteiger partial charge in [-0.15, -0.1) is 0 Å². The van der Waals surface area contributed by atoms with Crippen molar-refractivity contribution in [3.8, 4) is 0 Å². The van der Waals surface area contributed by atoms with Crippen LogP contribution in [0.5, 0.6) is 0 Å². The molecule has 108 valence electrons. The molecule has 6 nitrogen and oxygen atoms in total. The molecule has 1 fully saturated rings. The van der Waals surface area contributed by atoms with Crippen molar-refractivity contribution in [1.29, 1.82) is 0 Å². The van der Waals surface area contributed by atoms with Crippen LogP contribution in [0.1, 0.15) is 36.8 Å². The predicted octanol–water partition coefficient (Wildman–Crippen LogP) is 1.05. The molecule has 0 radical (unpaired) electrons. The maximum atomic E-state index is 11.9. The number of alkyl halides is 3. The number of hydrogen-bond acceptors (Lipinski definition) is 4. The molecule has 10 heteroatoms. The third kappa shape index (κ3) is 4.78. The van der Waals surface area contributed by atoms with Crippen LogP contribution in [-0.4, -0.2) is 35.5 Å². The van der Waals surface area contributed by atoms with Gasteiger partial charge in [-0.25, -0.2) is 18.1 Å². The molecule has 0 bridgehead atoms. The van der Waals surface area contributed by atoms with E-state index >= 15 is 0 Å². The lowest BCUT2D eigenvalue weighted by Gasteiger charge is -2.07. The van der Waals surface area contributed by atoms with Gasteiger partial charge in [0.15, 0.2) is 5.82 Å². The molecule has 2 rings (SSSR count). The van der Waals surface area contributed by atoms with Crippen molar-refractivity contribution < 1.29 is 21.6 Å². The third-order valence-electron chi connectivity index (χ3n) is 2.61. The maximum Gasteiger partial charge on any atom is 0.390 e. The van der Waals surface area contributed by atoms with Gasteiger partial charge in [0, 0.05) is 5.92 Å². The summed E-state index contributed by atoms with van der Waals surface area (Å²) in [6.07, 6.45) is -3.84. The fraction of sp³-hybridized carbons (Fsp3) is 0.778. The summed E-state index contributed by atoms with van der Waals surface area (Å²) in [6, 6.07) is 0. The fourth-order valence-corrected chi connectivity index (χ4v) is 2.41. The summed E-state index contributed by atoms with van der Waals surface area (Å²) in [4.78, 5) is 4.07. The summed E-state index contributed by atoms with van der Waals surface area (Å²) in [5.41, 5.74) is 0. The molecule has 1 aromatic heterocycles. The minimum atomic E-state index is -4.49. The van der Waals surface area contributed by atoms with E-state index in [2.05, 4.69) is 19.9 Å². The Balaban J connectivity index is 1.82. The van der Waals surface area contributed by atoms with E-state index in [4.69, 9.17) is 0 Å². The zero-order valence-corrected chi connectivity index (χ0v) is 10.7. The van der Waals surface area contributed by atoms with E-state index < -0.39 is 28.4 Å². The average Bonchev–Trinajstić information content (AvgIpc) is 3.03. The first-order valence-electron chi connectivity index (χ1n) is 5.70. The highest BCUT2D eigenvalue weighted by Gasteiger charge is 2.30. The molecule has 1 aliphatic carbocycles. The summed E-state index contributed by atoms with van der Waals surface area (Å²) in [7, 11) is -3.97. The van der Waals surface area contributed by atoms with Crippen LogP contribution in [0.25, 0.3) is 0 Å². The smallest absolute Gasteiger partial charge is 0.262 e. The monoisotopic (exact) mass is 298 g/mol. The van der Waals surface area contributed by atoms with Gasteiger partial charge in [0.2, 0.25) is 10.0 Å². The van der Waals surface area contributed by atoms with Crippen LogP contribution >= 0.6 is 0 Å². The van der Waals surface area contributed by atoms with E-state index in [-0.39, 0.29) is 6.54 Å². The first-order chi connectivity index (χ1) is 8.75. The summed E-state index contributed by atoms with van der Waals surface area (Å²) in [5.74, 6) is 0.272. The molecule has 0 aromatic carbocycles. The Labute approximate surface area is 107 Å². The number of aromatic nitrogens is 3. The van der Waals surface area contributed by atoms with Crippen molar-refractivity contribution in [1.82, 2.24) is 19.9 Å². The van der Waals surface area contributed by atoms with E-state index in [1.54, 1.807) is 0 Å². The number of halogens is 3. The number of hydrogen-bond donors (Lipinski definition) is 2. The lowest BCUT2D eigenvalue weighted by molar-refractivity contribution is -0.129. The van der Waals surface area contributed by atoms with Gasteiger partial charge in [0.25, 0.3) is 0 Å². The van der Waals surface area contributed by atoms with E-state index in [1.807, 2.05) is 0 Å². The predicted molar refractivity (Wildman–Crippen MR) is 59.7 cm³/mol. The molecule has 1 aromatic rings. The van der Waals surface area contributed by atoms with Crippen molar-refractivity contribution in [3.63, 3.8) is 0 Å². The van der Waals surface area contributed by atoms with E-state index in [1.165, 1.54) is 0 Å². The number of nitrogens with zero attached hydrogens (tertiary/aromatic N) is 2. The normalized spacial score (nSPS) is 16.8. The molecule has 19 heavy (non-hydrogen) atoms. The Kier molecular flexibility index (Phi) is 3.81. The van der Waals surface area contributed by atoms with E-state index in [9.17, 15) is 21.6 Å². The van der Waals surface area contributed by atoms with Gasteiger partial charge in [-0.3, -0.25) is 5.10 Å². The second-order valence-electron chi connectivity index (χ2n) is 4.42. The van der Waals surface area contributed by atoms with Gasteiger partial charge < -0.3 is 0 Å². The lowest BCUT2D eigenvalue weighted by Crippen LogP contribution is -2.28. The zero-order chi connectivity index (χ0) is 14.1. The fourth-order valence-electron chi connectivity index (χ4n) is 1.41. The Bertz CT molecular complexity index is 536. The number of aromatic amines is 1. The topological polar surface area (TPSA) is 87.7 Å². The van der Waals surface area contributed by atoms with Crippen LogP contribution in [0, 0.1) is 0 Å². The Hall–Kier alpha value is -1.16. The van der Waals surface area contributed by atoms with Crippen molar-refractivity contribution in [3.05, 3.63) is 11.6 Å². The molecular weight excluding hydrogens is 285 g/mol. The Morgan fingerprint density at radius 1 is 1.37 bits per heavy atom. The third-order valence-corrected chi connectivity index (χ3v) is 3.93. The SMILES string of the molecule is O=S(=O)(CCC(F)(F)F)NCc1nc(C2CC2)n[nH]1. The van der Waals surface area contributed by atoms with Crippen LogP contribution in [0.4, 0.5) is 13.2 Å². The van der Waals surface area contributed by atoms with Crippen LogP contribution in [0.2, 0.25) is 0 Å². The summed E-state index contributed by atoms with van der Waals surface area (Å²) >= 11 is 0. The first kappa shape index (κ1) is 14.3. The van der Waals surface area contributed by atoms with Gasteiger partial charge in [-0.1, -0.05) is 0 Å². The number of rotatable bonds is 6. The standard InChI is InChI=1S/C9H13F3N4O2S/c10-9(11,12)3-4-19(17,18)13-5-7-14-8(16-15-7)6-1-2-6/h6,13H,1-5H2,(H,14,15,16). The van der Waals surface area contributed by atoms with Crippen LogP contribution in [0.15, 0.2) is 0 Å². The van der Waals surface area contributed by atoms with Gasteiger partial charge >= 0.3 is 6.18 Å². The molecule has 0 spiro atoms. The molecular formula is C9H13F3N4O2S. The molecule has 0 atom stereocenters. The highest BCUT2D eigenvalue weighted by Crippen LogP contribution is 2.37. The van der Waals surface area contributed by atoms with Crippen LogP contribution in [-0.2, 0) is 16.6 Å². The molecule has 1 heterocycles. The highest BCUT2D eigenvalue weighted by molar-refractivity contribution is 7.89. The first-order valence-corrected chi connectivity index (χ1v) is 7.36. The van der Waals surface area contributed by atoms with Crippen LogP contribution in [0.3, 0.4) is 0 Å². The van der Waals surface area contributed by atoms with Crippen molar-refractivity contribution in [2.75, 3.05) is 5.75 Å². The van der Waals surface area contributed by atoms with E-state index in [0.29, 0.717) is 17.6 Å².